The molecule has 1 atom stereocenters. The molecule has 15 heavy (non-hydrogen) atoms. The van der Waals surface area contributed by atoms with E-state index in [0.717, 1.165) is 5.56 Å². The first kappa shape index (κ1) is 10.2. The van der Waals surface area contributed by atoms with E-state index in [2.05, 4.69) is 26.1 Å². The van der Waals surface area contributed by atoms with Crippen LogP contribution in [0.25, 0.3) is 0 Å². The third-order valence-corrected chi connectivity index (χ3v) is 2.85. The highest BCUT2D eigenvalue weighted by Crippen LogP contribution is 2.25. The summed E-state index contributed by atoms with van der Waals surface area (Å²) in [6, 6.07) is 9.89. The lowest BCUT2D eigenvalue weighted by Gasteiger charge is -2.06. The van der Waals surface area contributed by atoms with Gasteiger partial charge in [0.15, 0.2) is 0 Å². The molecule has 2 aromatic rings. The summed E-state index contributed by atoms with van der Waals surface area (Å²) in [5, 5.41) is 5.98. The van der Waals surface area contributed by atoms with Gasteiger partial charge in [-0.1, -0.05) is 46.3 Å². The van der Waals surface area contributed by atoms with Gasteiger partial charge in [-0.05, 0) is 5.56 Å². The van der Waals surface area contributed by atoms with Crippen LogP contribution in [0.5, 0.6) is 0 Å². The van der Waals surface area contributed by atoms with E-state index in [4.69, 9.17) is 4.42 Å². The second kappa shape index (κ2) is 4.44. The minimum absolute atomic E-state index is 0.102. The van der Waals surface area contributed by atoms with Crippen molar-refractivity contribution >= 4 is 15.9 Å². The third kappa shape index (κ3) is 2.56. The van der Waals surface area contributed by atoms with Crippen LogP contribution in [0.3, 0.4) is 0 Å². The number of alkyl halides is 1. The highest BCUT2D eigenvalue weighted by molar-refractivity contribution is 9.09. The second-order valence-electron chi connectivity index (χ2n) is 3.09. The predicted octanol–water partition coefficient (Wildman–Crippen LogP) is 2.04. The molecule has 0 amide bonds. The van der Waals surface area contributed by atoms with Crippen molar-refractivity contribution in [2.45, 2.75) is 11.2 Å². The van der Waals surface area contributed by atoms with Gasteiger partial charge in [0, 0.05) is 11.2 Å². The minimum Gasteiger partial charge on any atom is -0.392 e. The van der Waals surface area contributed by atoms with Crippen LogP contribution in [0.15, 0.2) is 39.5 Å². The second-order valence-corrected chi connectivity index (χ2v) is 4.19. The summed E-state index contributed by atoms with van der Waals surface area (Å²) < 4.78 is 4.82. The molecule has 0 aliphatic rings. The van der Waals surface area contributed by atoms with E-state index in [0.29, 0.717) is 12.3 Å². The number of nitrogens with zero attached hydrogens (tertiary/aromatic N) is 1. The first-order valence-electron chi connectivity index (χ1n) is 4.49. The lowest BCUT2D eigenvalue weighted by Crippen LogP contribution is -1.95. The fraction of sp³-hybridized carbons (Fsp3) is 0.200. The molecule has 0 bridgehead atoms. The number of halogens is 1. The van der Waals surface area contributed by atoms with Gasteiger partial charge in [-0.15, -0.1) is 5.10 Å². The number of aromatic nitrogens is 2. The zero-order valence-corrected chi connectivity index (χ0v) is 9.40. The Labute approximate surface area is 94.4 Å². The van der Waals surface area contributed by atoms with Crippen molar-refractivity contribution in [3.63, 3.8) is 0 Å². The van der Waals surface area contributed by atoms with E-state index < -0.39 is 5.76 Å². The number of hydrogen-bond donors (Lipinski definition) is 1. The number of benzene rings is 1. The Bertz CT molecular complexity index is 477. The van der Waals surface area contributed by atoms with Crippen LogP contribution in [-0.4, -0.2) is 10.2 Å². The van der Waals surface area contributed by atoms with Gasteiger partial charge >= 0.3 is 5.76 Å². The lowest BCUT2D eigenvalue weighted by molar-refractivity contribution is 0.461. The van der Waals surface area contributed by atoms with E-state index in [-0.39, 0.29) is 4.83 Å². The summed E-state index contributed by atoms with van der Waals surface area (Å²) in [6.07, 6.45) is 0.544. The van der Waals surface area contributed by atoms with Gasteiger partial charge in [0.1, 0.15) is 0 Å². The predicted molar refractivity (Wildman–Crippen MR) is 58.9 cm³/mol. The van der Waals surface area contributed by atoms with Gasteiger partial charge in [-0.25, -0.2) is 9.89 Å². The van der Waals surface area contributed by atoms with Crippen molar-refractivity contribution in [1.82, 2.24) is 10.2 Å². The molecular weight excluding hydrogens is 260 g/mol. The standard InChI is InChI=1S/C10H9BrN2O2/c11-8(7-4-2-1-3-5-7)6-9-12-13-10(14)15-9/h1-5,8H,6H2,(H,13,14). The molecule has 5 heteroatoms. The maximum atomic E-state index is 10.7. The van der Waals surface area contributed by atoms with Crippen molar-refractivity contribution in [3.8, 4) is 0 Å². The molecule has 1 unspecified atom stereocenters. The third-order valence-electron chi connectivity index (χ3n) is 2.00. The van der Waals surface area contributed by atoms with Gasteiger partial charge in [0.05, 0.1) is 0 Å². The molecule has 1 N–H and O–H groups in total. The Kier molecular flexibility index (Phi) is 3.01. The molecule has 2 rings (SSSR count). The van der Waals surface area contributed by atoms with Crippen LogP contribution in [0, 0.1) is 0 Å². The van der Waals surface area contributed by atoms with Gasteiger partial charge in [-0.2, -0.15) is 0 Å². The Morgan fingerprint density at radius 3 is 2.73 bits per heavy atom. The van der Waals surface area contributed by atoms with Crippen molar-refractivity contribution in [2.75, 3.05) is 0 Å². The fourth-order valence-electron chi connectivity index (χ4n) is 1.28. The van der Waals surface area contributed by atoms with Gasteiger partial charge in [0.25, 0.3) is 0 Å². The van der Waals surface area contributed by atoms with E-state index in [1.807, 2.05) is 30.3 Å². The summed E-state index contributed by atoms with van der Waals surface area (Å²) >= 11 is 3.52. The first-order valence-corrected chi connectivity index (χ1v) is 5.40. The molecule has 0 saturated carbocycles. The topological polar surface area (TPSA) is 58.9 Å². The van der Waals surface area contributed by atoms with Crippen molar-refractivity contribution in [3.05, 3.63) is 52.3 Å². The van der Waals surface area contributed by atoms with Crippen LogP contribution in [0.2, 0.25) is 0 Å². The van der Waals surface area contributed by atoms with Crippen molar-refractivity contribution in [2.24, 2.45) is 0 Å². The SMILES string of the molecule is O=c1[nH]nc(CC(Br)c2ccccc2)o1. The molecule has 0 spiro atoms. The summed E-state index contributed by atoms with van der Waals surface area (Å²) in [7, 11) is 0. The molecule has 0 aliphatic carbocycles. The van der Waals surface area contributed by atoms with Crippen LogP contribution in [0.1, 0.15) is 16.3 Å². The van der Waals surface area contributed by atoms with Gasteiger partial charge < -0.3 is 4.42 Å². The number of rotatable bonds is 3. The van der Waals surface area contributed by atoms with Crippen LogP contribution < -0.4 is 5.76 Å². The minimum atomic E-state index is -0.516. The Balaban J connectivity index is 2.10. The van der Waals surface area contributed by atoms with Crippen molar-refractivity contribution in [1.29, 1.82) is 0 Å². The zero-order valence-electron chi connectivity index (χ0n) is 7.81. The summed E-state index contributed by atoms with van der Waals surface area (Å²) in [6.45, 7) is 0. The van der Waals surface area contributed by atoms with Crippen LogP contribution >= 0.6 is 15.9 Å². The lowest BCUT2D eigenvalue weighted by atomic mass is 10.1. The molecular formula is C10H9BrN2O2. The van der Waals surface area contributed by atoms with E-state index in [1.165, 1.54) is 0 Å². The van der Waals surface area contributed by atoms with E-state index >= 15 is 0 Å². The molecule has 0 saturated heterocycles. The molecule has 0 aliphatic heterocycles. The Morgan fingerprint density at radius 2 is 2.13 bits per heavy atom. The number of nitrogens with one attached hydrogen (secondary N) is 1. The highest BCUT2D eigenvalue weighted by Gasteiger charge is 2.11. The molecule has 1 aromatic carbocycles. The van der Waals surface area contributed by atoms with Crippen molar-refractivity contribution < 1.29 is 4.42 Å². The largest absolute Gasteiger partial charge is 0.434 e. The Morgan fingerprint density at radius 1 is 1.40 bits per heavy atom. The first-order chi connectivity index (χ1) is 7.25. The molecule has 78 valence electrons. The van der Waals surface area contributed by atoms with E-state index in [9.17, 15) is 4.79 Å². The number of aromatic amines is 1. The zero-order chi connectivity index (χ0) is 10.7. The average molecular weight is 269 g/mol. The molecule has 1 aromatic heterocycles. The normalized spacial score (nSPS) is 12.6. The van der Waals surface area contributed by atoms with E-state index in [1.54, 1.807) is 0 Å². The molecule has 0 fully saturated rings. The summed E-state index contributed by atoms with van der Waals surface area (Å²) in [5.74, 6) is -0.108. The maximum absolute atomic E-state index is 10.7. The molecule has 0 radical (unpaired) electrons. The fourth-order valence-corrected chi connectivity index (χ4v) is 1.86. The average Bonchev–Trinajstić information content (AvgIpc) is 2.65. The number of hydrogen-bond acceptors (Lipinski definition) is 3. The summed E-state index contributed by atoms with van der Waals surface area (Å²) in [4.78, 5) is 10.8. The van der Waals surface area contributed by atoms with Gasteiger partial charge in [0.2, 0.25) is 5.89 Å². The number of H-pyrrole nitrogens is 1. The van der Waals surface area contributed by atoms with Crippen LogP contribution in [-0.2, 0) is 6.42 Å². The van der Waals surface area contributed by atoms with Crippen LogP contribution in [0.4, 0.5) is 0 Å². The highest BCUT2D eigenvalue weighted by atomic mass is 79.9. The van der Waals surface area contributed by atoms with Gasteiger partial charge in [-0.3, -0.25) is 0 Å². The quantitative estimate of drug-likeness (QED) is 0.867. The summed E-state index contributed by atoms with van der Waals surface area (Å²) in [5.41, 5.74) is 1.13. The Hall–Kier alpha value is -1.36. The smallest absolute Gasteiger partial charge is 0.392 e. The molecule has 1 heterocycles. The monoisotopic (exact) mass is 268 g/mol. The maximum Gasteiger partial charge on any atom is 0.434 e. The molecule has 4 nitrogen and oxygen atoms in total.